The monoisotopic (exact) mass is 359 g/mol. The maximum Gasteiger partial charge on any atom is 0.198 e. The number of para-hydroxylation sites is 1. The largest absolute Gasteiger partial charge is 0.387 e. The number of rotatable bonds is 3. The lowest BCUT2D eigenvalue weighted by atomic mass is 9.81. The Balaban J connectivity index is 1.63. The fourth-order valence-corrected chi connectivity index (χ4v) is 5.92. The van der Waals surface area contributed by atoms with Crippen molar-refractivity contribution in [1.82, 2.24) is 5.32 Å². The molecule has 3 aliphatic rings. The molecule has 0 amide bonds. The molecule has 1 aromatic rings. The van der Waals surface area contributed by atoms with E-state index in [4.69, 9.17) is 4.99 Å². The van der Waals surface area contributed by atoms with Gasteiger partial charge in [-0.15, -0.1) is 0 Å². The molecule has 1 saturated carbocycles. The lowest BCUT2D eigenvalue weighted by Gasteiger charge is -2.27. The number of hydrogen-bond acceptors (Lipinski definition) is 3. The molecule has 0 radical (unpaired) electrons. The van der Waals surface area contributed by atoms with Gasteiger partial charge in [-0.1, -0.05) is 31.0 Å². The van der Waals surface area contributed by atoms with Crippen LogP contribution in [0.4, 0.5) is 5.69 Å². The zero-order valence-corrected chi connectivity index (χ0v) is 15.9. The van der Waals surface area contributed by atoms with E-state index in [0.717, 1.165) is 37.0 Å². The second-order valence-corrected chi connectivity index (χ2v) is 8.89. The highest BCUT2D eigenvalue weighted by Crippen LogP contribution is 2.50. The normalized spacial score (nSPS) is 27.9. The van der Waals surface area contributed by atoms with Gasteiger partial charge in [-0.3, -0.25) is 0 Å². The standard InChI is InChI=1S/C20H29N3OS/c1-2-21-18(22-13-20(24)11-12-25-15-20)23-14-19(9-5-6-10-19)16-7-3-4-8-17(16)23/h3-4,7-8,24H,2,5-6,9-15H2,1H3,(H,21,22). The third-order valence-electron chi connectivity index (χ3n) is 5.98. The first-order valence-electron chi connectivity index (χ1n) is 9.61. The smallest absolute Gasteiger partial charge is 0.198 e. The molecule has 1 saturated heterocycles. The molecule has 0 aromatic heterocycles. The molecule has 2 aliphatic heterocycles. The lowest BCUT2D eigenvalue weighted by Crippen LogP contribution is -2.44. The van der Waals surface area contributed by atoms with Crippen LogP contribution in [0.15, 0.2) is 29.3 Å². The number of benzene rings is 1. The predicted octanol–water partition coefficient (Wildman–Crippen LogP) is 3.15. The highest BCUT2D eigenvalue weighted by Gasteiger charge is 2.45. The summed E-state index contributed by atoms with van der Waals surface area (Å²) in [5.74, 6) is 2.78. The summed E-state index contributed by atoms with van der Waals surface area (Å²) >= 11 is 1.83. The van der Waals surface area contributed by atoms with Gasteiger partial charge in [-0.05, 0) is 43.6 Å². The van der Waals surface area contributed by atoms with E-state index in [1.165, 1.54) is 36.9 Å². The Morgan fingerprint density at radius 3 is 2.80 bits per heavy atom. The average molecular weight is 360 g/mol. The maximum absolute atomic E-state index is 10.7. The molecule has 4 nitrogen and oxygen atoms in total. The number of aliphatic hydroxyl groups is 1. The molecule has 25 heavy (non-hydrogen) atoms. The molecule has 4 rings (SSSR count). The van der Waals surface area contributed by atoms with Gasteiger partial charge in [0, 0.05) is 29.9 Å². The van der Waals surface area contributed by atoms with Gasteiger partial charge in [0.1, 0.15) is 0 Å². The summed E-state index contributed by atoms with van der Waals surface area (Å²) in [6.07, 6.45) is 6.06. The molecule has 2 fully saturated rings. The number of hydrogen-bond donors (Lipinski definition) is 2. The van der Waals surface area contributed by atoms with Crippen LogP contribution >= 0.6 is 11.8 Å². The van der Waals surface area contributed by atoms with Gasteiger partial charge < -0.3 is 15.3 Å². The van der Waals surface area contributed by atoms with Crippen molar-refractivity contribution in [3.05, 3.63) is 29.8 Å². The van der Waals surface area contributed by atoms with Gasteiger partial charge in [0.15, 0.2) is 5.96 Å². The van der Waals surface area contributed by atoms with Crippen LogP contribution in [0.3, 0.4) is 0 Å². The van der Waals surface area contributed by atoms with Crippen molar-refractivity contribution in [2.75, 3.05) is 36.0 Å². The number of aliphatic imine (C=N–C) groups is 1. The number of anilines is 1. The highest BCUT2D eigenvalue weighted by molar-refractivity contribution is 7.99. The maximum atomic E-state index is 10.7. The van der Waals surface area contributed by atoms with E-state index >= 15 is 0 Å². The summed E-state index contributed by atoms with van der Waals surface area (Å²) in [5, 5.41) is 14.1. The molecule has 1 aliphatic carbocycles. The first-order chi connectivity index (χ1) is 12.2. The minimum atomic E-state index is -0.629. The lowest BCUT2D eigenvalue weighted by molar-refractivity contribution is 0.0779. The van der Waals surface area contributed by atoms with E-state index in [9.17, 15) is 5.11 Å². The third kappa shape index (κ3) is 3.17. The fourth-order valence-electron chi connectivity index (χ4n) is 4.64. The van der Waals surface area contributed by atoms with E-state index in [1.54, 1.807) is 0 Å². The minimum Gasteiger partial charge on any atom is -0.387 e. The molecule has 0 bridgehead atoms. The first-order valence-corrected chi connectivity index (χ1v) is 10.8. The van der Waals surface area contributed by atoms with Crippen LogP contribution in [0.25, 0.3) is 0 Å². The van der Waals surface area contributed by atoms with Gasteiger partial charge in [-0.2, -0.15) is 11.8 Å². The van der Waals surface area contributed by atoms with Crippen LogP contribution in [-0.2, 0) is 5.41 Å². The number of nitrogens with zero attached hydrogens (tertiary/aromatic N) is 2. The van der Waals surface area contributed by atoms with E-state index in [0.29, 0.717) is 12.0 Å². The molecule has 2 N–H and O–H groups in total. The van der Waals surface area contributed by atoms with E-state index in [1.807, 2.05) is 11.8 Å². The van der Waals surface area contributed by atoms with Gasteiger partial charge >= 0.3 is 0 Å². The van der Waals surface area contributed by atoms with Gasteiger partial charge in [0.05, 0.1) is 12.1 Å². The Morgan fingerprint density at radius 2 is 2.08 bits per heavy atom. The Bertz CT molecular complexity index is 648. The zero-order chi connectivity index (χ0) is 17.3. The Hall–Kier alpha value is -1.20. The van der Waals surface area contributed by atoms with E-state index < -0.39 is 5.60 Å². The third-order valence-corrected chi connectivity index (χ3v) is 7.22. The van der Waals surface area contributed by atoms with Crippen molar-refractivity contribution in [2.24, 2.45) is 4.99 Å². The van der Waals surface area contributed by atoms with Crippen molar-refractivity contribution < 1.29 is 5.11 Å². The summed E-state index contributed by atoms with van der Waals surface area (Å²) in [7, 11) is 0. The molecule has 1 atom stereocenters. The summed E-state index contributed by atoms with van der Waals surface area (Å²) in [4.78, 5) is 7.24. The van der Waals surface area contributed by atoms with E-state index in [-0.39, 0.29) is 0 Å². The van der Waals surface area contributed by atoms with Crippen LogP contribution < -0.4 is 10.2 Å². The molecular weight excluding hydrogens is 330 g/mol. The Kier molecular flexibility index (Phi) is 4.71. The number of nitrogens with one attached hydrogen (secondary N) is 1. The Morgan fingerprint density at radius 1 is 1.28 bits per heavy atom. The topological polar surface area (TPSA) is 47.9 Å². The van der Waals surface area contributed by atoms with Crippen LogP contribution in [0, 0.1) is 0 Å². The molecule has 2 heterocycles. The van der Waals surface area contributed by atoms with Gasteiger partial charge in [-0.25, -0.2) is 4.99 Å². The number of guanidine groups is 1. The Labute approximate surface area is 155 Å². The molecule has 1 aromatic carbocycles. The van der Waals surface area contributed by atoms with Crippen LogP contribution in [0.2, 0.25) is 0 Å². The SMILES string of the molecule is CCNC(=NCC1(O)CCSC1)N1CC2(CCCC2)c2ccccc21. The average Bonchev–Trinajstić information content (AvgIpc) is 3.34. The molecule has 5 heteroatoms. The summed E-state index contributed by atoms with van der Waals surface area (Å²) in [6.45, 7) is 4.47. The van der Waals surface area contributed by atoms with Gasteiger partial charge in [0.25, 0.3) is 0 Å². The van der Waals surface area contributed by atoms with Crippen molar-refractivity contribution in [2.45, 2.75) is 50.0 Å². The van der Waals surface area contributed by atoms with E-state index in [2.05, 4.69) is 41.4 Å². The number of fused-ring (bicyclic) bond motifs is 2. The second kappa shape index (κ2) is 6.84. The highest BCUT2D eigenvalue weighted by atomic mass is 32.2. The van der Waals surface area contributed by atoms with Gasteiger partial charge in [0.2, 0.25) is 0 Å². The molecular formula is C20H29N3OS. The first kappa shape index (κ1) is 17.2. The van der Waals surface area contributed by atoms with Crippen molar-refractivity contribution in [3.8, 4) is 0 Å². The predicted molar refractivity (Wildman–Crippen MR) is 107 cm³/mol. The summed E-state index contributed by atoms with van der Waals surface area (Å²) in [5.41, 5.74) is 2.47. The quantitative estimate of drug-likeness (QED) is 0.643. The number of thioether (sulfide) groups is 1. The fraction of sp³-hybridized carbons (Fsp3) is 0.650. The molecule has 1 unspecified atom stereocenters. The van der Waals surface area contributed by atoms with Crippen LogP contribution in [-0.4, -0.2) is 47.8 Å². The van der Waals surface area contributed by atoms with Crippen LogP contribution in [0.5, 0.6) is 0 Å². The molecule has 1 spiro atoms. The van der Waals surface area contributed by atoms with Crippen molar-refractivity contribution >= 4 is 23.4 Å². The zero-order valence-electron chi connectivity index (χ0n) is 15.1. The van der Waals surface area contributed by atoms with Crippen molar-refractivity contribution in [1.29, 1.82) is 0 Å². The second-order valence-electron chi connectivity index (χ2n) is 7.79. The van der Waals surface area contributed by atoms with Crippen LogP contribution in [0.1, 0.15) is 44.6 Å². The minimum absolute atomic E-state index is 0.299. The summed E-state index contributed by atoms with van der Waals surface area (Å²) < 4.78 is 0. The van der Waals surface area contributed by atoms with Crippen molar-refractivity contribution in [3.63, 3.8) is 0 Å². The summed E-state index contributed by atoms with van der Waals surface area (Å²) in [6, 6.07) is 8.84. The molecule has 136 valence electrons.